The lowest BCUT2D eigenvalue weighted by molar-refractivity contribution is -0.135. The second-order valence-electron chi connectivity index (χ2n) is 3.35. The summed E-state index contributed by atoms with van der Waals surface area (Å²) >= 11 is 0. The van der Waals surface area contributed by atoms with Crippen molar-refractivity contribution in [2.24, 2.45) is 0 Å². The standard InChI is InChI=1S/C9H17NO5/c1-5(12)8(10-6(2)13)9(15)7(14)3-4-11/h5,7-8,11-12,14H,3-4H2,1-2H3,(H,10,13). The minimum absolute atomic E-state index is 0.109. The Kier molecular flexibility index (Phi) is 6.07. The first-order valence-corrected chi connectivity index (χ1v) is 4.68. The number of nitrogens with one attached hydrogen (secondary N) is 1. The SMILES string of the molecule is CC(=O)NC(C(=O)C(O)CCO)C(C)O. The zero-order chi connectivity index (χ0) is 12.0. The highest BCUT2D eigenvalue weighted by molar-refractivity contribution is 5.91. The fourth-order valence-electron chi connectivity index (χ4n) is 1.12. The molecule has 0 aliphatic rings. The molecule has 0 aromatic rings. The molecule has 4 N–H and O–H groups in total. The van der Waals surface area contributed by atoms with Gasteiger partial charge in [-0.3, -0.25) is 9.59 Å². The zero-order valence-electron chi connectivity index (χ0n) is 8.80. The van der Waals surface area contributed by atoms with Crippen LogP contribution in [0.15, 0.2) is 0 Å². The van der Waals surface area contributed by atoms with Crippen LogP contribution in [0.1, 0.15) is 20.3 Å². The molecule has 0 bridgehead atoms. The van der Waals surface area contributed by atoms with Crippen molar-refractivity contribution in [2.45, 2.75) is 38.5 Å². The van der Waals surface area contributed by atoms with E-state index in [0.29, 0.717) is 0 Å². The molecule has 0 aromatic carbocycles. The van der Waals surface area contributed by atoms with Crippen molar-refractivity contribution in [1.29, 1.82) is 0 Å². The van der Waals surface area contributed by atoms with Crippen molar-refractivity contribution in [3.63, 3.8) is 0 Å². The first kappa shape index (κ1) is 14.0. The number of hydrogen-bond donors (Lipinski definition) is 4. The van der Waals surface area contributed by atoms with Crippen molar-refractivity contribution in [2.75, 3.05) is 6.61 Å². The van der Waals surface area contributed by atoms with Gasteiger partial charge in [0.25, 0.3) is 0 Å². The monoisotopic (exact) mass is 219 g/mol. The van der Waals surface area contributed by atoms with Crippen molar-refractivity contribution in [3.05, 3.63) is 0 Å². The van der Waals surface area contributed by atoms with Crippen LogP contribution in [0, 0.1) is 0 Å². The topological polar surface area (TPSA) is 107 Å². The maximum absolute atomic E-state index is 11.5. The van der Waals surface area contributed by atoms with E-state index in [0.717, 1.165) is 0 Å². The van der Waals surface area contributed by atoms with E-state index in [9.17, 15) is 19.8 Å². The van der Waals surface area contributed by atoms with Crippen molar-refractivity contribution in [3.8, 4) is 0 Å². The number of carbonyl (C=O) groups is 2. The van der Waals surface area contributed by atoms with Gasteiger partial charge in [-0.15, -0.1) is 0 Å². The molecular weight excluding hydrogens is 202 g/mol. The van der Waals surface area contributed by atoms with Crippen LogP contribution in [-0.2, 0) is 9.59 Å². The molecule has 0 aliphatic heterocycles. The second-order valence-corrected chi connectivity index (χ2v) is 3.35. The number of aliphatic hydroxyl groups excluding tert-OH is 3. The van der Waals surface area contributed by atoms with Crippen molar-refractivity contribution in [1.82, 2.24) is 5.32 Å². The Bertz CT molecular complexity index is 229. The van der Waals surface area contributed by atoms with Gasteiger partial charge < -0.3 is 20.6 Å². The van der Waals surface area contributed by atoms with Gasteiger partial charge in [0.2, 0.25) is 5.91 Å². The predicted octanol–water partition coefficient (Wildman–Crippen LogP) is -1.82. The fourth-order valence-corrected chi connectivity index (χ4v) is 1.12. The minimum atomic E-state index is -1.37. The van der Waals surface area contributed by atoms with E-state index in [4.69, 9.17) is 5.11 Å². The normalized spacial score (nSPS) is 16.6. The Morgan fingerprint density at radius 3 is 2.20 bits per heavy atom. The van der Waals surface area contributed by atoms with Crippen LogP contribution >= 0.6 is 0 Å². The molecule has 15 heavy (non-hydrogen) atoms. The summed E-state index contributed by atoms with van der Waals surface area (Å²) in [6, 6.07) is -1.14. The average molecular weight is 219 g/mol. The van der Waals surface area contributed by atoms with Gasteiger partial charge in [0, 0.05) is 20.0 Å². The maximum atomic E-state index is 11.5. The Morgan fingerprint density at radius 2 is 1.87 bits per heavy atom. The lowest BCUT2D eigenvalue weighted by Gasteiger charge is -2.21. The Labute approximate surface area is 87.9 Å². The Morgan fingerprint density at radius 1 is 1.33 bits per heavy atom. The molecule has 0 saturated heterocycles. The highest BCUT2D eigenvalue weighted by atomic mass is 16.3. The number of Topliss-reactive ketones (excluding diaryl/α,β-unsaturated/α-hetero) is 1. The van der Waals surface area contributed by atoms with Crippen LogP contribution in [-0.4, -0.2) is 51.9 Å². The second kappa shape index (κ2) is 6.49. The highest BCUT2D eigenvalue weighted by Gasteiger charge is 2.29. The molecule has 88 valence electrons. The van der Waals surface area contributed by atoms with Crippen molar-refractivity contribution < 1.29 is 24.9 Å². The molecule has 6 nitrogen and oxygen atoms in total. The van der Waals surface area contributed by atoms with Gasteiger partial charge in [-0.2, -0.15) is 0 Å². The van der Waals surface area contributed by atoms with E-state index >= 15 is 0 Å². The van der Waals surface area contributed by atoms with Crippen LogP contribution < -0.4 is 5.32 Å². The molecule has 0 aromatic heterocycles. The third-order valence-corrected chi connectivity index (χ3v) is 1.88. The Balaban J connectivity index is 4.47. The molecular formula is C9H17NO5. The third-order valence-electron chi connectivity index (χ3n) is 1.88. The average Bonchev–Trinajstić information content (AvgIpc) is 2.12. The van der Waals surface area contributed by atoms with Gasteiger partial charge in [-0.25, -0.2) is 0 Å². The molecule has 0 radical (unpaired) electrons. The molecule has 0 rings (SSSR count). The van der Waals surface area contributed by atoms with E-state index in [1.54, 1.807) is 0 Å². The first-order chi connectivity index (χ1) is 6.90. The summed E-state index contributed by atoms with van der Waals surface area (Å²) in [7, 11) is 0. The smallest absolute Gasteiger partial charge is 0.217 e. The summed E-state index contributed by atoms with van der Waals surface area (Å²) in [5.41, 5.74) is 0. The molecule has 0 fully saturated rings. The van der Waals surface area contributed by atoms with Crippen molar-refractivity contribution >= 4 is 11.7 Å². The van der Waals surface area contributed by atoms with E-state index in [1.165, 1.54) is 13.8 Å². The molecule has 6 heteroatoms. The molecule has 3 unspecified atom stereocenters. The molecule has 3 atom stereocenters. The summed E-state index contributed by atoms with van der Waals surface area (Å²) in [6.45, 7) is 2.21. The minimum Gasteiger partial charge on any atom is -0.396 e. The summed E-state index contributed by atoms with van der Waals surface area (Å²) < 4.78 is 0. The van der Waals surface area contributed by atoms with Gasteiger partial charge in [0.1, 0.15) is 12.1 Å². The van der Waals surface area contributed by atoms with Gasteiger partial charge >= 0.3 is 0 Å². The maximum Gasteiger partial charge on any atom is 0.217 e. The summed E-state index contributed by atoms with van der Waals surface area (Å²) in [4.78, 5) is 22.2. The van der Waals surface area contributed by atoms with Gasteiger partial charge in [-0.05, 0) is 6.92 Å². The van der Waals surface area contributed by atoms with Crippen LogP contribution in [0.2, 0.25) is 0 Å². The molecule has 0 saturated carbocycles. The number of ketones is 1. The van der Waals surface area contributed by atoms with Crippen LogP contribution in [0.5, 0.6) is 0 Å². The van der Waals surface area contributed by atoms with Crippen LogP contribution in [0.3, 0.4) is 0 Å². The summed E-state index contributed by atoms with van der Waals surface area (Å²) in [5.74, 6) is -1.17. The first-order valence-electron chi connectivity index (χ1n) is 4.68. The van der Waals surface area contributed by atoms with Crippen LogP contribution in [0.4, 0.5) is 0 Å². The number of carbonyl (C=O) groups excluding carboxylic acids is 2. The number of rotatable bonds is 6. The van der Waals surface area contributed by atoms with E-state index in [2.05, 4.69) is 5.32 Å². The summed E-state index contributed by atoms with van der Waals surface area (Å²) in [6.07, 6.45) is -2.57. The fraction of sp³-hybridized carbons (Fsp3) is 0.778. The summed E-state index contributed by atoms with van der Waals surface area (Å²) in [5, 5.41) is 29.3. The zero-order valence-corrected chi connectivity index (χ0v) is 8.80. The predicted molar refractivity (Wildman–Crippen MR) is 52.0 cm³/mol. The number of amides is 1. The number of aliphatic hydroxyl groups is 3. The largest absolute Gasteiger partial charge is 0.396 e. The van der Waals surface area contributed by atoms with E-state index < -0.39 is 29.9 Å². The van der Waals surface area contributed by atoms with Gasteiger partial charge in [0.15, 0.2) is 5.78 Å². The lowest BCUT2D eigenvalue weighted by Crippen LogP contribution is -2.50. The highest BCUT2D eigenvalue weighted by Crippen LogP contribution is 2.02. The number of hydrogen-bond acceptors (Lipinski definition) is 5. The molecule has 1 amide bonds. The lowest BCUT2D eigenvalue weighted by atomic mass is 10.0. The van der Waals surface area contributed by atoms with Crippen LogP contribution in [0.25, 0.3) is 0 Å². The molecule has 0 spiro atoms. The van der Waals surface area contributed by atoms with E-state index in [1.807, 2.05) is 0 Å². The van der Waals surface area contributed by atoms with Gasteiger partial charge in [-0.1, -0.05) is 0 Å². The van der Waals surface area contributed by atoms with E-state index in [-0.39, 0.29) is 13.0 Å². The third kappa shape index (κ3) is 4.87. The quantitative estimate of drug-likeness (QED) is 0.421. The molecule has 0 aliphatic carbocycles. The molecule has 0 heterocycles. The van der Waals surface area contributed by atoms with Gasteiger partial charge in [0.05, 0.1) is 6.10 Å². The Hall–Kier alpha value is -0.980.